The molecule has 0 saturated carbocycles. The van der Waals surface area contributed by atoms with Crippen LogP contribution in [0.3, 0.4) is 0 Å². The molecule has 0 unspecified atom stereocenters. The van der Waals surface area contributed by atoms with Gasteiger partial charge in [-0.1, -0.05) is 30.3 Å². The Morgan fingerprint density at radius 2 is 2.07 bits per heavy atom. The van der Waals surface area contributed by atoms with Crippen molar-refractivity contribution in [2.24, 2.45) is 0 Å². The van der Waals surface area contributed by atoms with Crippen molar-refractivity contribution in [3.8, 4) is 0 Å². The van der Waals surface area contributed by atoms with Gasteiger partial charge in [0.25, 0.3) is 0 Å². The summed E-state index contributed by atoms with van der Waals surface area (Å²) >= 11 is 0. The van der Waals surface area contributed by atoms with Gasteiger partial charge in [-0.3, -0.25) is 4.79 Å². The number of aliphatic hydroxyl groups is 1. The molecular formula is C12H14O3. The fourth-order valence-electron chi connectivity index (χ4n) is 1.12. The van der Waals surface area contributed by atoms with Crippen molar-refractivity contribution in [2.45, 2.75) is 6.42 Å². The second kappa shape index (κ2) is 5.98. The van der Waals surface area contributed by atoms with Gasteiger partial charge in [-0.15, -0.1) is 0 Å². The average Bonchev–Trinajstić information content (AvgIpc) is 2.27. The highest BCUT2D eigenvalue weighted by atomic mass is 16.5. The minimum absolute atomic E-state index is 0.0469. The molecule has 80 valence electrons. The van der Waals surface area contributed by atoms with E-state index in [4.69, 9.17) is 4.74 Å². The summed E-state index contributed by atoms with van der Waals surface area (Å²) in [5.74, 6) is -0.144. The summed E-state index contributed by atoms with van der Waals surface area (Å²) in [6.45, 7) is 0.407. The largest absolute Gasteiger partial charge is 0.512 e. The van der Waals surface area contributed by atoms with Gasteiger partial charge in [-0.05, 0) is 0 Å². The third kappa shape index (κ3) is 3.95. The molecule has 0 spiro atoms. The van der Waals surface area contributed by atoms with Crippen molar-refractivity contribution in [1.82, 2.24) is 0 Å². The molecule has 0 radical (unpaired) electrons. The highest BCUT2D eigenvalue weighted by Crippen LogP contribution is 2.04. The summed E-state index contributed by atoms with van der Waals surface area (Å²) in [6.07, 6.45) is 1.59. The third-order valence-corrected chi connectivity index (χ3v) is 1.92. The molecule has 15 heavy (non-hydrogen) atoms. The Hall–Kier alpha value is -1.61. The number of aliphatic hydroxyl groups excluding tert-OH is 1. The lowest BCUT2D eigenvalue weighted by atomic mass is 10.1. The first-order valence-electron chi connectivity index (χ1n) is 4.72. The number of carbonyl (C=O) groups excluding carboxylic acids is 1. The quantitative estimate of drug-likeness (QED) is 0.457. The predicted octanol–water partition coefficient (Wildman–Crippen LogP) is 2.35. The number of hydrogen-bond acceptors (Lipinski definition) is 3. The molecule has 0 saturated heterocycles. The second-order valence-electron chi connectivity index (χ2n) is 3.11. The molecular weight excluding hydrogens is 192 g/mol. The third-order valence-electron chi connectivity index (χ3n) is 1.92. The molecule has 0 aromatic heterocycles. The van der Waals surface area contributed by atoms with Crippen LogP contribution in [0.25, 0.3) is 0 Å². The van der Waals surface area contributed by atoms with Crippen molar-refractivity contribution in [3.05, 3.63) is 47.7 Å². The van der Waals surface area contributed by atoms with Crippen LogP contribution in [0, 0.1) is 0 Å². The lowest BCUT2D eigenvalue weighted by Gasteiger charge is -1.99. The first-order valence-corrected chi connectivity index (χ1v) is 4.72. The second-order valence-corrected chi connectivity index (χ2v) is 3.11. The fourth-order valence-corrected chi connectivity index (χ4v) is 1.12. The van der Waals surface area contributed by atoms with Gasteiger partial charge in [-0.25, -0.2) is 0 Å². The normalized spacial score (nSPS) is 11.4. The molecule has 0 amide bonds. The molecule has 1 N–H and O–H groups in total. The van der Waals surface area contributed by atoms with E-state index in [2.05, 4.69) is 0 Å². The van der Waals surface area contributed by atoms with Crippen LogP contribution >= 0.6 is 0 Å². The van der Waals surface area contributed by atoms with Crippen LogP contribution in [0.5, 0.6) is 0 Å². The molecule has 0 atom stereocenters. The summed E-state index contributed by atoms with van der Waals surface area (Å²) in [7, 11) is 1.55. The van der Waals surface area contributed by atoms with Crippen molar-refractivity contribution in [3.63, 3.8) is 0 Å². The van der Waals surface area contributed by atoms with E-state index in [1.165, 1.54) is 6.08 Å². The maximum atomic E-state index is 11.5. The van der Waals surface area contributed by atoms with E-state index >= 15 is 0 Å². The molecule has 0 aliphatic rings. The van der Waals surface area contributed by atoms with E-state index in [0.29, 0.717) is 18.6 Å². The topological polar surface area (TPSA) is 46.5 Å². The van der Waals surface area contributed by atoms with E-state index in [1.54, 1.807) is 31.4 Å². The van der Waals surface area contributed by atoms with Gasteiger partial charge in [0.1, 0.15) is 0 Å². The molecule has 1 aromatic rings. The minimum atomic E-state index is -0.191. The zero-order chi connectivity index (χ0) is 11.1. The number of benzene rings is 1. The molecule has 0 bridgehead atoms. The Bertz CT molecular complexity index is 341. The maximum absolute atomic E-state index is 11.5. The highest BCUT2D eigenvalue weighted by Gasteiger charge is 2.03. The monoisotopic (exact) mass is 206 g/mol. The molecule has 0 heterocycles. The van der Waals surface area contributed by atoms with E-state index in [9.17, 15) is 9.90 Å². The molecule has 0 fully saturated rings. The van der Waals surface area contributed by atoms with Crippen LogP contribution in [-0.2, 0) is 4.74 Å². The molecule has 0 aliphatic heterocycles. The van der Waals surface area contributed by atoms with E-state index in [-0.39, 0.29) is 11.5 Å². The SMILES string of the molecule is COCC/C(O)=C/C(=O)c1ccccc1. The highest BCUT2D eigenvalue weighted by molar-refractivity contribution is 6.04. The number of ketones is 1. The molecule has 3 nitrogen and oxygen atoms in total. The lowest BCUT2D eigenvalue weighted by Crippen LogP contribution is -1.98. The smallest absolute Gasteiger partial charge is 0.189 e. The van der Waals surface area contributed by atoms with Gasteiger partial charge < -0.3 is 9.84 Å². The fraction of sp³-hybridized carbons (Fsp3) is 0.250. The number of methoxy groups -OCH3 is 1. The number of hydrogen-bond donors (Lipinski definition) is 1. The van der Waals surface area contributed by atoms with E-state index in [0.717, 1.165) is 0 Å². The minimum Gasteiger partial charge on any atom is -0.512 e. The Labute approximate surface area is 89.0 Å². The van der Waals surface area contributed by atoms with Gasteiger partial charge in [0, 0.05) is 25.2 Å². The van der Waals surface area contributed by atoms with Crippen LogP contribution in [0.1, 0.15) is 16.8 Å². The van der Waals surface area contributed by atoms with Gasteiger partial charge in [0.15, 0.2) is 5.78 Å². The Morgan fingerprint density at radius 1 is 1.40 bits per heavy atom. The number of carbonyl (C=O) groups is 1. The van der Waals surface area contributed by atoms with E-state index in [1.807, 2.05) is 6.07 Å². The molecule has 3 heteroatoms. The van der Waals surface area contributed by atoms with Crippen LogP contribution in [-0.4, -0.2) is 24.6 Å². The van der Waals surface area contributed by atoms with E-state index < -0.39 is 0 Å². The summed E-state index contributed by atoms with van der Waals surface area (Å²) in [6, 6.07) is 8.83. The van der Waals surface area contributed by atoms with Crippen LogP contribution in [0.4, 0.5) is 0 Å². The first kappa shape index (κ1) is 11.5. The van der Waals surface area contributed by atoms with Gasteiger partial charge in [0.05, 0.1) is 12.4 Å². The van der Waals surface area contributed by atoms with Crippen LogP contribution < -0.4 is 0 Å². The van der Waals surface area contributed by atoms with Crippen molar-refractivity contribution < 1.29 is 14.6 Å². The summed E-state index contributed by atoms with van der Waals surface area (Å²) in [4.78, 5) is 11.5. The van der Waals surface area contributed by atoms with Crippen LogP contribution in [0.2, 0.25) is 0 Å². The maximum Gasteiger partial charge on any atom is 0.189 e. The van der Waals surface area contributed by atoms with Crippen molar-refractivity contribution >= 4 is 5.78 Å². The predicted molar refractivity (Wildman–Crippen MR) is 58.0 cm³/mol. The molecule has 0 aliphatic carbocycles. The number of rotatable bonds is 5. The van der Waals surface area contributed by atoms with Crippen molar-refractivity contribution in [2.75, 3.05) is 13.7 Å². The number of allylic oxidation sites excluding steroid dienone is 1. The summed E-state index contributed by atoms with van der Waals surface area (Å²) in [5, 5.41) is 9.37. The zero-order valence-electron chi connectivity index (χ0n) is 8.64. The van der Waals surface area contributed by atoms with Gasteiger partial charge in [-0.2, -0.15) is 0 Å². The van der Waals surface area contributed by atoms with Crippen molar-refractivity contribution in [1.29, 1.82) is 0 Å². The Balaban J connectivity index is 2.62. The zero-order valence-corrected chi connectivity index (χ0v) is 8.64. The van der Waals surface area contributed by atoms with Gasteiger partial charge >= 0.3 is 0 Å². The molecule has 1 aromatic carbocycles. The first-order chi connectivity index (χ1) is 7.24. The summed E-state index contributed by atoms with van der Waals surface area (Å²) < 4.78 is 4.79. The van der Waals surface area contributed by atoms with Crippen LogP contribution in [0.15, 0.2) is 42.2 Å². The summed E-state index contributed by atoms with van der Waals surface area (Å²) in [5.41, 5.74) is 0.571. The lowest BCUT2D eigenvalue weighted by molar-refractivity contribution is 0.104. The number of ether oxygens (including phenoxy) is 1. The Morgan fingerprint density at radius 3 is 2.67 bits per heavy atom. The average molecular weight is 206 g/mol. The molecule has 1 rings (SSSR count). The standard InChI is InChI=1S/C12H14O3/c1-15-8-7-11(13)9-12(14)10-5-3-2-4-6-10/h2-6,9,13H,7-8H2,1H3/b11-9-. The van der Waals surface area contributed by atoms with Gasteiger partial charge in [0.2, 0.25) is 0 Å². The Kier molecular flexibility index (Phi) is 4.57.